The third-order valence-corrected chi connectivity index (χ3v) is 3.58. The summed E-state index contributed by atoms with van der Waals surface area (Å²) in [6.45, 7) is 0.617. The summed E-state index contributed by atoms with van der Waals surface area (Å²) in [4.78, 5) is 4.46. The van der Waals surface area contributed by atoms with Gasteiger partial charge in [0.05, 0.1) is 12.1 Å². The Labute approximate surface area is 106 Å². The third-order valence-electron chi connectivity index (χ3n) is 3.58. The molecule has 6 heteroatoms. The smallest absolute Gasteiger partial charge is 0.243 e. The van der Waals surface area contributed by atoms with E-state index < -0.39 is 0 Å². The summed E-state index contributed by atoms with van der Waals surface area (Å²) in [7, 11) is 0. The Morgan fingerprint density at radius 3 is 2.71 bits per heavy atom. The lowest BCUT2D eigenvalue weighted by Gasteiger charge is -2.02. The van der Waals surface area contributed by atoms with E-state index in [1.165, 1.54) is 25.7 Å². The second kappa shape index (κ2) is 5.33. The van der Waals surface area contributed by atoms with Gasteiger partial charge in [-0.15, -0.1) is 12.4 Å². The van der Waals surface area contributed by atoms with Crippen molar-refractivity contribution in [3.05, 3.63) is 11.7 Å². The number of halogens is 1. The molecule has 0 unspecified atom stereocenters. The molecule has 5 nitrogen and oxygen atoms in total. The van der Waals surface area contributed by atoms with Crippen molar-refractivity contribution in [2.45, 2.75) is 50.2 Å². The van der Waals surface area contributed by atoms with Crippen LogP contribution in [-0.4, -0.2) is 27.9 Å². The van der Waals surface area contributed by atoms with Gasteiger partial charge in [0.25, 0.3) is 0 Å². The average molecular weight is 260 g/mol. The molecule has 2 aliphatic rings. The van der Waals surface area contributed by atoms with Crippen LogP contribution >= 0.6 is 12.4 Å². The maximum Gasteiger partial charge on any atom is 0.243 e. The predicted molar refractivity (Wildman–Crippen MR) is 64.1 cm³/mol. The van der Waals surface area contributed by atoms with Crippen LogP contribution in [0.15, 0.2) is 4.52 Å². The predicted octanol–water partition coefficient (Wildman–Crippen LogP) is 1.54. The molecule has 1 aromatic heterocycles. The van der Waals surface area contributed by atoms with Crippen molar-refractivity contribution >= 4 is 12.4 Å². The van der Waals surface area contributed by atoms with Crippen LogP contribution < -0.4 is 5.32 Å². The lowest BCUT2D eigenvalue weighted by Crippen LogP contribution is -2.15. The largest absolute Gasteiger partial charge is 0.392 e. The minimum atomic E-state index is -0.285. The van der Waals surface area contributed by atoms with E-state index in [-0.39, 0.29) is 24.6 Å². The topological polar surface area (TPSA) is 71.2 Å². The Balaban J connectivity index is 0.00000108. The molecule has 1 saturated heterocycles. The van der Waals surface area contributed by atoms with Crippen LogP contribution in [-0.2, 0) is 0 Å². The van der Waals surface area contributed by atoms with Crippen LogP contribution in [0, 0.1) is 0 Å². The Morgan fingerprint density at radius 2 is 2.06 bits per heavy atom. The summed E-state index contributed by atoms with van der Waals surface area (Å²) < 4.78 is 5.27. The van der Waals surface area contributed by atoms with E-state index in [0.29, 0.717) is 24.8 Å². The van der Waals surface area contributed by atoms with E-state index in [1.54, 1.807) is 0 Å². The minimum absolute atomic E-state index is 0. The lowest BCUT2D eigenvalue weighted by atomic mass is 10.1. The number of nitrogens with zero attached hydrogens (tertiary/aromatic N) is 2. The monoisotopic (exact) mass is 259 g/mol. The van der Waals surface area contributed by atoms with E-state index in [4.69, 9.17) is 4.52 Å². The zero-order valence-corrected chi connectivity index (χ0v) is 10.4. The van der Waals surface area contributed by atoms with Gasteiger partial charge in [0, 0.05) is 12.5 Å². The number of nitrogens with one attached hydrogen (secondary N) is 1. The van der Waals surface area contributed by atoms with Crippen LogP contribution in [0.1, 0.15) is 55.8 Å². The van der Waals surface area contributed by atoms with Crippen molar-refractivity contribution < 1.29 is 9.63 Å². The zero-order valence-electron chi connectivity index (χ0n) is 9.63. The molecule has 1 aliphatic heterocycles. The Morgan fingerprint density at radius 1 is 1.29 bits per heavy atom. The number of hydrogen-bond donors (Lipinski definition) is 2. The fourth-order valence-corrected chi connectivity index (χ4v) is 2.64. The van der Waals surface area contributed by atoms with Gasteiger partial charge in [-0.3, -0.25) is 0 Å². The Hall–Kier alpha value is -0.650. The van der Waals surface area contributed by atoms with Crippen LogP contribution in [0.2, 0.25) is 0 Å². The number of aliphatic hydroxyl groups excluding tert-OH is 1. The van der Waals surface area contributed by atoms with Gasteiger partial charge in [-0.05, 0) is 19.3 Å². The highest BCUT2D eigenvalue weighted by molar-refractivity contribution is 5.85. The highest BCUT2D eigenvalue weighted by Crippen LogP contribution is 2.33. The molecule has 0 bridgehead atoms. The van der Waals surface area contributed by atoms with Crippen LogP contribution in [0.4, 0.5) is 0 Å². The summed E-state index contributed by atoms with van der Waals surface area (Å²) in [6, 6.07) is 0.0395. The lowest BCUT2D eigenvalue weighted by molar-refractivity contribution is 0.191. The van der Waals surface area contributed by atoms with Crippen molar-refractivity contribution in [3.63, 3.8) is 0 Å². The zero-order chi connectivity index (χ0) is 11.0. The Bertz CT molecular complexity index is 365. The maximum atomic E-state index is 9.43. The summed E-state index contributed by atoms with van der Waals surface area (Å²) in [5.41, 5.74) is 0. The van der Waals surface area contributed by atoms with E-state index in [1.807, 2.05) is 0 Å². The SMILES string of the molecule is Cl.O[C@@H]1CN[C@@H](c2nc(C3CCCC3)no2)C1. The van der Waals surface area contributed by atoms with Gasteiger partial charge in [-0.1, -0.05) is 18.0 Å². The molecule has 1 saturated carbocycles. The second-order valence-corrected chi connectivity index (χ2v) is 4.82. The summed E-state index contributed by atoms with van der Waals surface area (Å²) in [5.74, 6) is 1.98. The minimum Gasteiger partial charge on any atom is -0.392 e. The molecule has 1 aliphatic carbocycles. The first-order valence-electron chi connectivity index (χ1n) is 6.08. The highest BCUT2D eigenvalue weighted by Gasteiger charge is 2.29. The number of rotatable bonds is 2. The van der Waals surface area contributed by atoms with Gasteiger partial charge in [0.15, 0.2) is 5.82 Å². The van der Waals surface area contributed by atoms with Gasteiger partial charge in [-0.25, -0.2) is 0 Å². The van der Waals surface area contributed by atoms with Crippen molar-refractivity contribution in [2.24, 2.45) is 0 Å². The number of aromatic nitrogens is 2. The van der Waals surface area contributed by atoms with Gasteiger partial charge in [0.2, 0.25) is 5.89 Å². The van der Waals surface area contributed by atoms with Crippen molar-refractivity contribution in [1.29, 1.82) is 0 Å². The van der Waals surface area contributed by atoms with Gasteiger partial charge < -0.3 is 14.9 Å². The molecule has 2 fully saturated rings. The highest BCUT2D eigenvalue weighted by atomic mass is 35.5. The third kappa shape index (κ3) is 2.61. The van der Waals surface area contributed by atoms with E-state index in [9.17, 15) is 5.11 Å². The fourth-order valence-electron chi connectivity index (χ4n) is 2.64. The number of hydrogen-bond acceptors (Lipinski definition) is 5. The molecule has 1 aromatic rings. The molecule has 2 atom stereocenters. The standard InChI is InChI=1S/C11H17N3O2.ClH/c15-8-5-9(12-6-8)11-13-10(14-16-11)7-3-1-2-4-7;/h7-9,12,15H,1-6H2;1H/t8-,9+;/m0./s1. The quantitative estimate of drug-likeness (QED) is 0.843. The van der Waals surface area contributed by atoms with E-state index in [2.05, 4.69) is 15.5 Å². The summed E-state index contributed by atoms with van der Waals surface area (Å²) in [5, 5.41) is 16.7. The first-order chi connectivity index (χ1) is 7.83. The Kier molecular flexibility index (Phi) is 4.01. The molecule has 96 valence electrons. The van der Waals surface area contributed by atoms with E-state index in [0.717, 1.165) is 5.82 Å². The average Bonchev–Trinajstić information content (AvgIpc) is 2.97. The second-order valence-electron chi connectivity index (χ2n) is 4.82. The summed E-state index contributed by atoms with van der Waals surface area (Å²) >= 11 is 0. The number of β-amino-alcohol motifs (C(OH)–C–C–N with tert-alkyl or cyclic N) is 1. The van der Waals surface area contributed by atoms with Crippen LogP contribution in [0.25, 0.3) is 0 Å². The summed E-state index contributed by atoms with van der Waals surface area (Å²) in [6.07, 6.45) is 5.29. The molecule has 2 N–H and O–H groups in total. The van der Waals surface area contributed by atoms with Crippen molar-refractivity contribution in [1.82, 2.24) is 15.5 Å². The first kappa shape index (κ1) is 12.8. The van der Waals surface area contributed by atoms with Gasteiger partial charge in [-0.2, -0.15) is 4.98 Å². The molecule has 0 spiro atoms. The van der Waals surface area contributed by atoms with Crippen LogP contribution in [0.3, 0.4) is 0 Å². The maximum absolute atomic E-state index is 9.43. The molecule has 0 amide bonds. The first-order valence-corrected chi connectivity index (χ1v) is 6.08. The van der Waals surface area contributed by atoms with Gasteiger partial charge >= 0.3 is 0 Å². The molecule has 3 rings (SSSR count). The van der Waals surface area contributed by atoms with Crippen LogP contribution in [0.5, 0.6) is 0 Å². The molecule has 0 aromatic carbocycles. The molecule has 17 heavy (non-hydrogen) atoms. The molecule has 2 heterocycles. The molecular formula is C11H18ClN3O2. The normalized spacial score (nSPS) is 29.5. The fraction of sp³-hybridized carbons (Fsp3) is 0.818. The molecule has 0 radical (unpaired) electrons. The van der Waals surface area contributed by atoms with Crippen molar-refractivity contribution in [2.75, 3.05) is 6.54 Å². The number of aliphatic hydroxyl groups is 1. The van der Waals surface area contributed by atoms with E-state index >= 15 is 0 Å². The molecular weight excluding hydrogens is 242 g/mol. The van der Waals surface area contributed by atoms with Crippen molar-refractivity contribution in [3.8, 4) is 0 Å². The van der Waals surface area contributed by atoms with Gasteiger partial charge in [0.1, 0.15) is 0 Å².